The molecule has 1 saturated heterocycles. The molecule has 4 unspecified atom stereocenters. The number of fused-ring (bicyclic) bond motifs is 1. The van der Waals surface area contributed by atoms with Gasteiger partial charge in [-0.3, -0.25) is 4.79 Å². The van der Waals surface area contributed by atoms with E-state index in [9.17, 15) is 9.59 Å². The third-order valence-corrected chi connectivity index (χ3v) is 5.20. The Kier molecular flexibility index (Phi) is 3.75. The smallest absolute Gasteiger partial charge is 0.408 e. The molecule has 0 aromatic rings. The molecule has 3 fully saturated rings. The highest BCUT2D eigenvalue weighted by atomic mass is 16.6. The minimum absolute atomic E-state index is 0.0108. The van der Waals surface area contributed by atoms with Crippen LogP contribution in [0.1, 0.15) is 53.4 Å². The van der Waals surface area contributed by atoms with E-state index in [0.717, 1.165) is 18.3 Å². The average Bonchev–Trinajstić information content (AvgIpc) is 3.22. The van der Waals surface area contributed by atoms with Crippen LogP contribution >= 0.6 is 0 Å². The monoisotopic (exact) mass is 309 g/mol. The second-order valence-electron chi connectivity index (χ2n) is 8.24. The molecule has 1 aliphatic heterocycles. The van der Waals surface area contributed by atoms with Gasteiger partial charge in [-0.05, 0) is 64.7 Å². The number of epoxide rings is 1. The van der Waals surface area contributed by atoms with Crippen LogP contribution in [0.25, 0.3) is 0 Å². The number of carbonyl (C=O) groups excluding carboxylic acids is 2. The van der Waals surface area contributed by atoms with Crippen molar-refractivity contribution in [1.29, 1.82) is 0 Å². The van der Waals surface area contributed by atoms with E-state index in [1.54, 1.807) is 6.92 Å². The molecule has 3 aliphatic rings. The first-order valence-electron chi connectivity index (χ1n) is 8.37. The Labute approximate surface area is 132 Å². The summed E-state index contributed by atoms with van der Waals surface area (Å²) in [5, 5.41) is 2.79. The molecule has 0 spiro atoms. The van der Waals surface area contributed by atoms with Gasteiger partial charge in [0.15, 0.2) is 5.78 Å². The fourth-order valence-electron chi connectivity index (χ4n) is 3.89. The van der Waals surface area contributed by atoms with E-state index in [0.29, 0.717) is 12.5 Å². The Morgan fingerprint density at radius 3 is 2.41 bits per heavy atom. The van der Waals surface area contributed by atoms with E-state index >= 15 is 0 Å². The molecule has 0 aromatic carbocycles. The normalized spacial score (nSPS) is 37.2. The van der Waals surface area contributed by atoms with Crippen LogP contribution in [0.2, 0.25) is 0 Å². The molecular weight excluding hydrogens is 282 g/mol. The van der Waals surface area contributed by atoms with Crippen LogP contribution in [0.3, 0.4) is 0 Å². The SMILES string of the molecule is CC(C)(C)OC(=O)NC(CC1C2CCCC21)C(=O)C1(C)CO1. The summed E-state index contributed by atoms with van der Waals surface area (Å²) >= 11 is 0. The largest absolute Gasteiger partial charge is 0.444 e. The molecule has 1 amide bonds. The molecule has 4 atom stereocenters. The minimum atomic E-state index is -0.705. The highest BCUT2D eigenvalue weighted by Crippen LogP contribution is 2.59. The molecule has 0 aromatic heterocycles. The number of ketones is 1. The number of ether oxygens (including phenoxy) is 2. The van der Waals surface area contributed by atoms with E-state index in [-0.39, 0.29) is 5.78 Å². The highest BCUT2D eigenvalue weighted by Gasteiger charge is 2.56. The van der Waals surface area contributed by atoms with Crippen molar-refractivity contribution in [3.05, 3.63) is 0 Å². The van der Waals surface area contributed by atoms with Crippen molar-refractivity contribution in [1.82, 2.24) is 5.32 Å². The molecule has 2 aliphatic carbocycles. The number of alkyl carbamates (subject to hydrolysis) is 1. The molecule has 22 heavy (non-hydrogen) atoms. The summed E-state index contributed by atoms with van der Waals surface area (Å²) in [6.07, 6.45) is 4.07. The topological polar surface area (TPSA) is 67.9 Å². The van der Waals surface area contributed by atoms with Gasteiger partial charge in [0, 0.05) is 0 Å². The van der Waals surface area contributed by atoms with Crippen LogP contribution in [0.15, 0.2) is 0 Å². The Bertz CT molecular complexity index is 468. The molecule has 0 bridgehead atoms. The number of carbonyl (C=O) groups is 2. The Morgan fingerprint density at radius 2 is 1.91 bits per heavy atom. The Hall–Kier alpha value is -1.10. The van der Waals surface area contributed by atoms with Crippen LogP contribution in [-0.4, -0.2) is 35.7 Å². The van der Waals surface area contributed by atoms with Crippen LogP contribution < -0.4 is 5.32 Å². The number of rotatable bonds is 5. The zero-order valence-corrected chi connectivity index (χ0v) is 14.0. The standard InChI is InChI=1S/C17H27NO4/c1-16(2,3)22-15(20)18-13(14(19)17(4)9-21-17)8-12-10-6-5-7-11(10)12/h10-13H,5-9H2,1-4H3,(H,18,20). The highest BCUT2D eigenvalue weighted by molar-refractivity contribution is 5.95. The molecule has 124 valence electrons. The summed E-state index contributed by atoms with van der Waals surface area (Å²) in [6.45, 7) is 7.71. The minimum Gasteiger partial charge on any atom is -0.444 e. The predicted octanol–water partition coefficient (Wildman–Crippen LogP) is 2.67. The zero-order valence-electron chi connectivity index (χ0n) is 14.0. The van der Waals surface area contributed by atoms with Crippen LogP contribution in [0.4, 0.5) is 4.79 Å². The van der Waals surface area contributed by atoms with E-state index in [2.05, 4.69) is 5.32 Å². The predicted molar refractivity (Wildman–Crippen MR) is 81.5 cm³/mol. The Morgan fingerprint density at radius 1 is 1.32 bits per heavy atom. The van der Waals surface area contributed by atoms with Gasteiger partial charge in [-0.2, -0.15) is 0 Å². The summed E-state index contributed by atoms with van der Waals surface area (Å²) in [5.41, 5.74) is -1.27. The second-order valence-corrected chi connectivity index (χ2v) is 8.24. The maximum Gasteiger partial charge on any atom is 0.408 e. The van der Waals surface area contributed by atoms with Crippen LogP contribution in [-0.2, 0) is 14.3 Å². The Balaban J connectivity index is 1.61. The molecule has 5 heteroatoms. The number of amides is 1. The van der Waals surface area contributed by atoms with Crippen molar-refractivity contribution in [2.75, 3.05) is 6.61 Å². The van der Waals surface area contributed by atoms with Crippen molar-refractivity contribution in [3.63, 3.8) is 0 Å². The van der Waals surface area contributed by atoms with Gasteiger partial charge in [-0.25, -0.2) is 4.79 Å². The molecular formula is C17H27NO4. The first kappa shape index (κ1) is 15.8. The summed E-state index contributed by atoms with van der Waals surface area (Å²) in [4.78, 5) is 24.7. The third kappa shape index (κ3) is 3.29. The first-order chi connectivity index (χ1) is 10.2. The maximum absolute atomic E-state index is 12.6. The van der Waals surface area contributed by atoms with Crippen LogP contribution in [0.5, 0.6) is 0 Å². The second kappa shape index (κ2) is 5.22. The molecule has 3 rings (SSSR count). The number of hydrogen-bond acceptors (Lipinski definition) is 4. The quantitative estimate of drug-likeness (QED) is 0.793. The van der Waals surface area contributed by atoms with Gasteiger partial charge in [0.05, 0.1) is 12.6 Å². The molecule has 1 heterocycles. The summed E-state index contributed by atoms with van der Waals surface area (Å²) in [7, 11) is 0. The van der Waals surface area contributed by atoms with Crippen molar-refractivity contribution < 1.29 is 19.1 Å². The molecule has 2 saturated carbocycles. The average molecular weight is 309 g/mol. The lowest BCUT2D eigenvalue weighted by atomic mass is 9.94. The lowest BCUT2D eigenvalue weighted by molar-refractivity contribution is -0.126. The van der Waals surface area contributed by atoms with E-state index in [4.69, 9.17) is 9.47 Å². The summed E-state index contributed by atoms with van der Waals surface area (Å²) in [6, 6.07) is -0.488. The first-order valence-corrected chi connectivity index (χ1v) is 8.37. The van der Waals surface area contributed by atoms with E-state index < -0.39 is 23.3 Å². The number of Topliss-reactive ketones (excluding diaryl/α,β-unsaturated/α-hetero) is 1. The van der Waals surface area contributed by atoms with Gasteiger partial charge in [-0.1, -0.05) is 6.42 Å². The van der Waals surface area contributed by atoms with Gasteiger partial charge < -0.3 is 14.8 Å². The lowest BCUT2D eigenvalue weighted by Crippen LogP contribution is -2.48. The molecule has 0 radical (unpaired) electrons. The van der Waals surface area contributed by atoms with Crippen molar-refractivity contribution in [2.45, 2.75) is 70.6 Å². The number of nitrogens with one attached hydrogen (secondary N) is 1. The maximum atomic E-state index is 12.6. The van der Waals surface area contributed by atoms with E-state index in [1.165, 1.54) is 19.3 Å². The fourth-order valence-corrected chi connectivity index (χ4v) is 3.89. The van der Waals surface area contributed by atoms with Gasteiger partial charge >= 0.3 is 6.09 Å². The molecule has 1 N–H and O–H groups in total. The summed E-state index contributed by atoms with van der Waals surface area (Å²) in [5.74, 6) is 2.11. The fraction of sp³-hybridized carbons (Fsp3) is 0.882. The van der Waals surface area contributed by atoms with Crippen molar-refractivity contribution in [2.24, 2.45) is 17.8 Å². The van der Waals surface area contributed by atoms with Gasteiger partial charge in [0.2, 0.25) is 0 Å². The van der Waals surface area contributed by atoms with Gasteiger partial charge in [-0.15, -0.1) is 0 Å². The molecule has 5 nitrogen and oxygen atoms in total. The van der Waals surface area contributed by atoms with Crippen molar-refractivity contribution >= 4 is 11.9 Å². The lowest BCUT2D eigenvalue weighted by Gasteiger charge is -2.24. The van der Waals surface area contributed by atoms with Crippen LogP contribution in [0, 0.1) is 17.8 Å². The van der Waals surface area contributed by atoms with E-state index in [1.807, 2.05) is 20.8 Å². The number of hydrogen-bond donors (Lipinski definition) is 1. The summed E-state index contributed by atoms with van der Waals surface area (Å²) < 4.78 is 10.6. The third-order valence-electron chi connectivity index (χ3n) is 5.20. The van der Waals surface area contributed by atoms with Gasteiger partial charge in [0.25, 0.3) is 0 Å². The zero-order chi connectivity index (χ0) is 16.1. The van der Waals surface area contributed by atoms with Crippen molar-refractivity contribution in [3.8, 4) is 0 Å². The van der Waals surface area contributed by atoms with Gasteiger partial charge in [0.1, 0.15) is 11.2 Å².